The van der Waals surface area contributed by atoms with Crippen molar-refractivity contribution in [1.29, 1.82) is 0 Å². The van der Waals surface area contributed by atoms with Gasteiger partial charge in [0.25, 0.3) is 5.91 Å². The van der Waals surface area contributed by atoms with Crippen LogP contribution in [-0.4, -0.2) is 42.1 Å². The molecule has 3 heterocycles. The Hall–Kier alpha value is -3.45. The van der Waals surface area contributed by atoms with Gasteiger partial charge >= 0.3 is 0 Å². The molecule has 1 aromatic carbocycles. The number of hydrogen-bond acceptors (Lipinski definition) is 6. The number of carbonyl (C=O) groups is 1. The van der Waals surface area contributed by atoms with Gasteiger partial charge in [0, 0.05) is 44.8 Å². The van der Waals surface area contributed by atoms with Crippen LogP contribution in [0, 0.1) is 0 Å². The summed E-state index contributed by atoms with van der Waals surface area (Å²) >= 11 is 0. The Morgan fingerprint density at radius 2 is 1.82 bits per heavy atom. The van der Waals surface area contributed by atoms with Crippen LogP contribution in [-0.2, 0) is 0 Å². The third-order valence-corrected chi connectivity index (χ3v) is 4.77. The highest BCUT2D eigenvalue weighted by atomic mass is 16.1. The average Bonchev–Trinajstić information content (AvgIpc) is 2.76. The van der Waals surface area contributed by atoms with Crippen molar-refractivity contribution >= 4 is 23.1 Å². The van der Waals surface area contributed by atoms with Gasteiger partial charge in [-0.3, -0.25) is 9.78 Å². The Labute approximate surface area is 163 Å². The number of rotatable bonds is 4. The number of anilines is 3. The van der Waals surface area contributed by atoms with Crippen LogP contribution in [0.2, 0.25) is 0 Å². The fourth-order valence-electron chi connectivity index (χ4n) is 3.18. The van der Waals surface area contributed by atoms with E-state index in [0.717, 1.165) is 43.1 Å². The van der Waals surface area contributed by atoms with Crippen molar-refractivity contribution in [2.24, 2.45) is 0 Å². The topological polar surface area (TPSA) is 96.2 Å². The summed E-state index contributed by atoms with van der Waals surface area (Å²) in [6, 6.07) is 13.1. The van der Waals surface area contributed by atoms with Crippen molar-refractivity contribution in [3.63, 3.8) is 0 Å². The second-order valence-corrected chi connectivity index (χ2v) is 6.63. The highest BCUT2D eigenvalue weighted by Crippen LogP contribution is 2.27. The van der Waals surface area contributed by atoms with Crippen molar-refractivity contribution < 1.29 is 4.79 Å². The maximum Gasteiger partial charge on any atom is 0.257 e. The lowest BCUT2D eigenvalue weighted by molar-refractivity contribution is 0.102. The Morgan fingerprint density at radius 3 is 2.54 bits per heavy atom. The Morgan fingerprint density at radius 1 is 1.04 bits per heavy atom. The van der Waals surface area contributed by atoms with Gasteiger partial charge in [-0.15, -0.1) is 0 Å². The van der Waals surface area contributed by atoms with Gasteiger partial charge in [-0.1, -0.05) is 6.07 Å². The lowest BCUT2D eigenvalue weighted by Gasteiger charge is -2.28. The van der Waals surface area contributed by atoms with Crippen molar-refractivity contribution in [1.82, 2.24) is 15.3 Å². The zero-order valence-electron chi connectivity index (χ0n) is 15.4. The summed E-state index contributed by atoms with van der Waals surface area (Å²) in [5.74, 6) is 0.648. The van der Waals surface area contributed by atoms with Crippen LogP contribution in [0.3, 0.4) is 0 Å². The molecule has 0 unspecified atom stereocenters. The number of carbonyl (C=O) groups excluding carboxylic acids is 1. The summed E-state index contributed by atoms with van der Waals surface area (Å²) in [5, 5.41) is 6.21. The third-order valence-electron chi connectivity index (χ3n) is 4.77. The summed E-state index contributed by atoms with van der Waals surface area (Å²) in [6.07, 6.45) is 5.07. The quantitative estimate of drug-likeness (QED) is 0.607. The largest absolute Gasteiger partial charge is 0.397 e. The van der Waals surface area contributed by atoms with Gasteiger partial charge in [-0.25, -0.2) is 4.98 Å². The molecule has 0 saturated carbocycles. The van der Waals surface area contributed by atoms with Gasteiger partial charge in [0.1, 0.15) is 5.82 Å². The molecule has 4 N–H and O–H groups in total. The maximum atomic E-state index is 12.7. The number of aromatic nitrogens is 2. The molecule has 1 saturated heterocycles. The molecule has 4 rings (SSSR count). The van der Waals surface area contributed by atoms with E-state index in [-0.39, 0.29) is 5.91 Å². The Kier molecular flexibility index (Phi) is 5.16. The van der Waals surface area contributed by atoms with E-state index >= 15 is 0 Å². The lowest BCUT2D eigenvalue weighted by Crippen LogP contribution is -2.43. The molecule has 2 aromatic heterocycles. The minimum absolute atomic E-state index is 0.238. The maximum absolute atomic E-state index is 12.7. The van der Waals surface area contributed by atoms with E-state index in [1.54, 1.807) is 30.7 Å². The zero-order chi connectivity index (χ0) is 19.3. The predicted molar refractivity (Wildman–Crippen MR) is 111 cm³/mol. The SMILES string of the molecule is Nc1ccc(-c2ccncc2)cc1NC(=O)c1ccc(N2CCNCC2)nc1. The van der Waals surface area contributed by atoms with E-state index in [0.29, 0.717) is 16.9 Å². The van der Waals surface area contributed by atoms with Crippen molar-refractivity contribution in [2.75, 3.05) is 42.1 Å². The summed E-state index contributed by atoms with van der Waals surface area (Å²) in [7, 11) is 0. The first-order valence-corrected chi connectivity index (χ1v) is 9.24. The van der Waals surface area contributed by atoms with Crippen molar-refractivity contribution in [3.05, 3.63) is 66.6 Å². The van der Waals surface area contributed by atoms with Crippen LogP contribution < -0.4 is 21.3 Å². The summed E-state index contributed by atoms with van der Waals surface area (Å²) < 4.78 is 0. The summed E-state index contributed by atoms with van der Waals surface area (Å²) in [6.45, 7) is 3.71. The number of nitrogens with one attached hydrogen (secondary N) is 2. The van der Waals surface area contributed by atoms with E-state index in [9.17, 15) is 4.79 Å². The first-order chi connectivity index (χ1) is 13.7. The minimum Gasteiger partial charge on any atom is -0.397 e. The molecule has 1 amide bonds. The first-order valence-electron chi connectivity index (χ1n) is 9.24. The molecule has 0 spiro atoms. The molecule has 7 heteroatoms. The number of pyridine rings is 2. The molecule has 3 aromatic rings. The number of benzene rings is 1. The number of piperazine rings is 1. The van der Waals surface area contributed by atoms with E-state index in [1.807, 2.05) is 30.3 Å². The normalized spacial score (nSPS) is 13.9. The molecule has 1 aliphatic heterocycles. The standard InChI is InChI=1S/C21H22N6O/c22-18-3-1-16(15-5-7-23-8-6-15)13-19(18)26-21(28)17-2-4-20(25-14-17)27-11-9-24-10-12-27/h1-8,13-14,24H,9-12,22H2,(H,26,28). The fraction of sp³-hybridized carbons (Fsp3) is 0.190. The lowest BCUT2D eigenvalue weighted by atomic mass is 10.1. The Balaban J connectivity index is 1.50. The molecule has 1 fully saturated rings. The number of amides is 1. The molecular weight excluding hydrogens is 352 g/mol. The smallest absolute Gasteiger partial charge is 0.257 e. The van der Waals surface area contributed by atoms with Gasteiger partial charge < -0.3 is 21.3 Å². The van der Waals surface area contributed by atoms with E-state index in [2.05, 4.69) is 25.5 Å². The number of hydrogen-bond donors (Lipinski definition) is 3. The number of nitrogens with two attached hydrogens (primary N) is 1. The molecule has 0 aliphatic carbocycles. The molecule has 0 bridgehead atoms. The molecule has 1 aliphatic rings. The number of nitrogens with zero attached hydrogens (tertiary/aromatic N) is 3. The Bertz CT molecular complexity index is 952. The minimum atomic E-state index is -0.238. The first kappa shape index (κ1) is 17.9. The highest BCUT2D eigenvalue weighted by Gasteiger charge is 2.14. The van der Waals surface area contributed by atoms with Crippen molar-refractivity contribution in [3.8, 4) is 11.1 Å². The second kappa shape index (κ2) is 8.06. The predicted octanol–water partition coefficient (Wildman–Crippen LogP) is 2.39. The highest BCUT2D eigenvalue weighted by molar-refractivity contribution is 6.06. The molecule has 0 radical (unpaired) electrons. The fourth-order valence-corrected chi connectivity index (χ4v) is 3.18. The van der Waals surface area contributed by atoms with Crippen LogP contribution in [0.25, 0.3) is 11.1 Å². The zero-order valence-corrected chi connectivity index (χ0v) is 15.4. The van der Waals surface area contributed by atoms with E-state index in [4.69, 9.17) is 5.73 Å². The van der Waals surface area contributed by atoms with Crippen LogP contribution in [0.4, 0.5) is 17.2 Å². The number of nitrogen functional groups attached to an aromatic ring is 1. The van der Waals surface area contributed by atoms with Gasteiger partial charge in [-0.2, -0.15) is 0 Å². The van der Waals surface area contributed by atoms with Crippen LogP contribution >= 0.6 is 0 Å². The molecular formula is C21H22N6O. The molecule has 0 atom stereocenters. The average molecular weight is 374 g/mol. The van der Waals surface area contributed by atoms with Crippen LogP contribution in [0.15, 0.2) is 61.1 Å². The monoisotopic (exact) mass is 374 g/mol. The van der Waals surface area contributed by atoms with Gasteiger partial charge in [0.2, 0.25) is 0 Å². The van der Waals surface area contributed by atoms with E-state index in [1.165, 1.54) is 0 Å². The molecule has 142 valence electrons. The molecule has 28 heavy (non-hydrogen) atoms. The second-order valence-electron chi connectivity index (χ2n) is 6.63. The summed E-state index contributed by atoms with van der Waals surface area (Å²) in [4.78, 5) is 23.3. The van der Waals surface area contributed by atoms with E-state index < -0.39 is 0 Å². The summed E-state index contributed by atoms with van der Waals surface area (Å²) in [5.41, 5.74) is 9.60. The van der Waals surface area contributed by atoms with Gasteiger partial charge in [0.15, 0.2) is 0 Å². The van der Waals surface area contributed by atoms with Crippen LogP contribution in [0.5, 0.6) is 0 Å². The van der Waals surface area contributed by atoms with Gasteiger partial charge in [0.05, 0.1) is 16.9 Å². The van der Waals surface area contributed by atoms with Gasteiger partial charge in [-0.05, 0) is 47.5 Å². The molecule has 7 nitrogen and oxygen atoms in total. The van der Waals surface area contributed by atoms with Crippen molar-refractivity contribution in [2.45, 2.75) is 0 Å². The van der Waals surface area contributed by atoms with Crippen LogP contribution in [0.1, 0.15) is 10.4 Å². The third kappa shape index (κ3) is 3.94.